The van der Waals surface area contributed by atoms with E-state index < -0.39 is 5.82 Å². The van der Waals surface area contributed by atoms with Crippen LogP contribution in [0.3, 0.4) is 0 Å². The van der Waals surface area contributed by atoms with Gasteiger partial charge in [-0.25, -0.2) is 4.39 Å². The standard InChI is InChI=1S/C12H15FN2OS/c13-10-7-9(3-4-11(10)14)17-6-5-12(16)15-8-1-2-8/h3-4,7-8H,1-2,5-6,14H2,(H,15,16). The molecular weight excluding hydrogens is 239 g/mol. The van der Waals surface area contributed by atoms with Crippen molar-refractivity contribution < 1.29 is 9.18 Å². The molecule has 1 aliphatic carbocycles. The smallest absolute Gasteiger partial charge is 0.221 e. The van der Waals surface area contributed by atoms with Crippen molar-refractivity contribution in [3.8, 4) is 0 Å². The second-order valence-electron chi connectivity index (χ2n) is 4.12. The van der Waals surface area contributed by atoms with Gasteiger partial charge >= 0.3 is 0 Å². The number of nitrogens with one attached hydrogen (secondary N) is 1. The number of rotatable bonds is 5. The van der Waals surface area contributed by atoms with Crippen LogP contribution in [0, 0.1) is 5.82 Å². The van der Waals surface area contributed by atoms with Gasteiger partial charge in [-0.1, -0.05) is 0 Å². The summed E-state index contributed by atoms with van der Waals surface area (Å²) in [7, 11) is 0. The summed E-state index contributed by atoms with van der Waals surface area (Å²) in [6.45, 7) is 0. The van der Waals surface area contributed by atoms with Gasteiger partial charge < -0.3 is 11.1 Å². The molecule has 0 aliphatic heterocycles. The minimum absolute atomic E-state index is 0.0796. The van der Waals surface area contributed by atoms with Crippen molar-refractivity contribution in [2.45, 2.75) is 30.2 Å². The molecule has 3 nitrogen and oxygen atoms in total. The molecule has 1 amide bonds. The number of nitrogens with two attached hydrogens (primary N) is 1. The molecule has 0 aromatic heterocycles. The van der Waals surface area contributed by atoms with Crippen molar-refractivity contribution in [2.75, 3.05) is 11.5 Å². The van der Waals surface area contributed by atoms with Gasteiger partial charge in [-0.3, -0.25) is 4.79 Å². The topological polar surface area (TPSA) is 55.1 Å². The second-order valence-corrected chi connectivity index (χ2v) is 5.29. The Morgan fingerprint density at radius 2 is 2.29 bits per heavy atom. The monoisotopic (exact) mass is 254 g/mol. The number of thioether (sulfide) groups is 1. The zero-order valence-electron chi connectivity index (χ0n) is 9.41. The lowest BCUT2D eigenvalue weighted by atomic mass is 10.3. The third-order valence-electron chi connectivity index (χ3n) is 2.51. The van der Waals surface area contributed by atoms with E-state index in [-0.39, 0.29) is 11.6 Å². The highest BCUT2D eigenvalue weighted by Crippen LogP contribution is 2.23. The summed E-state index contributed by atoms with van der Waals surface area (Å²) < 4.78 is 13.1. The zero-order valence-corrected chi connectivity index (χ0v) is 10.2. The van der Waals surface area contributed by atoms with Crippen LogP contribution in [0.15, 0.2) is 23.1 Å². The van der Waals surface area contributed by atoms with Gasteiger partial charge in [0.2, 0.25) is 5.91 Å². The average molecular weight is 254 g/mol. The van der Waals surface area contributed by atoms with Gasteiger partial charge in [0, 0.05) is 23.1 Å². The van der Waals surface area contributed by atoms with Gasteiger partial charge in [-0.2, -0.15) is 0 Å². The summed E-state index contributed by atoms with van der Waals surface area (Å²) in [5, 5.41) is 2.91. The lowest BCUT2D eigenvalue weighted by Crippen LogP contribution is -2.25. The molecule has 0 saturated heterocycles. The molecule has 1 fully saturated rings. The zero-order chi connectivity index (χ0) is 12.3. The maximum Gasteiger partial charge on any atom is 0.221 e. The number of amides is 1. The van der Waals surface area contributed by atoms with E-state index in [1.165, 1.54) is 17.8 Å². The minimum atomic E-state index is -0.405. The number of carbonyl (C=O) groups is 1. The summed E-state index contributed by atoms with van der Waals surface area (Å²) >= 11 is 1.46. The Bertz CT molecular complexity index is 421. The molecule has 2 rings (SSSR count). The number of halogens is 1. The van der Waals surface area contributed by atoms with Gasteiger partial charge in [0.05, 0.1) is 5.69 Å². The predicted molar refractivity (Wildman–Crippen MR) is 67.3 cm³/mol. The van der Waals surface area contributed by atoms with Crippen LogP contribution >= 0.6 is 11.8 Å². The maximum atomic E-state index is 13.1. The molecule has 1 saturated carbocycles. The number of hydrogen-bond acceptors (Lipinski definition) is 3. The molecule has 0 atom stereocenters. The molecule has 17 heavy (non-hydrogen) atoms. The van der Waals surface area contributed by atoms with Crippen LogP contribution in [-0.4, -0.2) is 17.7 Å². The number of nitrogen functional groups attached to an aromatic ring is 1. The van der Waals surface area contributed by atoms with Gasteiger partial charge in [0.25, 0.3) is 0 Å². The summed E-state index contributed by atoms with van der Waals surface area (Å²) in [6, 6.07) is 5.12. The van der Waals surface area contributed by atoms with Crippen molar-refractivity contribution in [3.05, 3.63) is 24.0 Å². The Labute approximate surface area is 104 Å². The summed E-state index contributed by atoms with van der Waals surface area (Å²) in [4.78, 5) is 12.2. The van der Waals surface area contributed by atoms with E-state index in [1.807, 2.05) is 0 Å². The molecule has 0 unspecified atom stereocenters. The maximum absolute atomic E-state index is 13.1. The van der Waals surface area contributed by atoms with Gasteiger partial charge in [0.1, 0.15) is 5.82 Å². The van der Waals surface area contributed by atoms with E-state index in [2.05, 4.69) is 5.32 Å². The SMILES string of the molecule is Nc1ccc(SCCC(=O)NC2CC2)cc1F. The molecule has 5 heteroatoms. The van der Waals surface area contributed by atoms with Crippen molar-refractivity contribution in [1.82, 2.24) is 5.32 Å². The van der Waals surface area contributed by atoms with Gasteiger partial charge in [-0.05, 0) is 31.0 Å². The first-order valence-corrected chi connectivity index (χ1v) is 6.61. The van der Waals surface area contributed by atoms with Crippen LogP contribution in [0.25, 0.3) is 0 Å². The van der Waals surface area contributed by atoms with Crippen LogP contribution in [0.4, 0.5) is 10.1 Å². The highest BCUT2D eigenvalue weighted by Gasteiger charge is 2.22. The number of benzene rings is 1. The lowest BCUT2D eigenvalue weighted by Gasteiger charge is -2.04. The second kappa shape index (κ2) is 5.40. The van der Waals surface area contributed by atoms with Gasteiger partial charge in [0.15, 0.2) is 0 Å². The summed E-state index contributed by atoms with van der Waals surface area (Å²) in [6.07, 6.45) is 2.66. The first-order chi connectivity index (χ1) is 8.15. The lowest BCUT2D eigenvalue weighted by molar-refractivity contribution is -0.120. The normalized spacial score (nSPS) is 14.6. The van der Waals surface area contributed by atoms with E-state index >= 15 is 0 Å². The van der Waals surface area contributed by atoms with Crippen LogP contribution in [0.1, 0.15) is 19.3 Å². The highest BCUT2D eigenvalue weighted by molar-refractivity contribution is 7.99. The quantitative estimate of drug-likeness (QED) is 0.625. The predicted octanol–water partition coefficient (Wildman–Crippen LogP) is 2.17. The molecule has 3 N–H and O–H groups in total. The summed E-state index contributed by atoms with van der Waals surface area (Å²) in [5.41, 5.74) is 5.53. The third kappa shape index (κ3) is 3.93. The molecule has 1 aliphatic rings. The molecule has 0 bridgehead atoms. The first-order valence-electron chi connectivity index (χ1n) is 5.62. The molecule has 0 heterocycles. The Kier molecular flexibility index (Phi) is 3.89. The average Bonchev–Trinajstić information content (AvgIpc) is 3.07. The molecule has 0 spiro atoms. The Morgan fingerprint density at radius 1 is 1.53 bits per heavy atom. The molecule has 92 valence electrons. The largest absolute Gasteiger partial charge is 0.396 e. The summed E-state index contributed by atoms with van der Waals surface area (Å²) in [5.74, 6) is 0.329. The Balaban J connectivity index is 1.73. The van der Waals surface area contributed by atoms with Crippen molar-refractivity contribution in [2.24, 2.45) is 0 Å². The van der Waals surface area contributed by atoms with Crippen LogP contribution < -0.4 is 11.1 Å². The van der Waals surface area contributed by atoms with E-state index in [0.29, 0.717) is 18.2 Å². The van der Waals surface area contributed by atoms with E-state index in [4.69, 9.17) is 5.73 Å². The van der Waals surface area contributed by atoms with Crippen LogP contribution in [0.5, 0.6) is 0 Å². The first kappa shape index (κ1) is 12.2. The fourth-order valence-corrected chi connectivity index (χ4v) is 2.26. The van der Waals surface area contributed by atoms with E-state index in [9.17, 15) is 9.18 Å². The van der Waals surface area contributed by atoms with Gasteiger partial charge in [-0.15, -0.1) is 11.8 Å². The third-order valence-corrected chi connectivity index (χ3v) is 3.51. The number of carbonyl (C=O) groups excluding carboxylic acids is 1. The van der Waals surface area contributed by atoms with Crippen LogP contribution in [-0.2, 0) is 4.79 Å². The molecule has 1 aromatic rings. The number of hydrogen-bond donors (Lipinski definition) is 2. The highest BCUT2D eigenvalue weighted by atomic mass is 32.2. The number of anilines is 1. The fourth-order valence-electron chi connectivity index (χ4n) is 1.39. The van der Waals surface area contributed by atoms with E-state index in [0.717, 1.165) is 17.7 Å². The van der Waals surface area contributed by atoms with Crippen molar-refractivity contribution >= 4 is 23.4 Å². The molecular formula is C12H15FN2OS. The Hall–Kier alpha value is -1.23. The Morgan fingerprint density at radius 3 is 2.94 bits per heavy atom. The fraction of sp³-hybridized carbons (Fsp3) is 0.417. The van der Waals surface area contributed by atoms with Crippen molar-refractivity contribution in [3.63, 3.8) is 0 Å². The van der Waals surface area contributed by atoms with E-state index in [1.54, 1.807) is 12.1 Å². The van der Waals surface area contributed by atoms with Crippen LogP contribution in [0.2, 0.25) is 0 Å². The molecule has 1 aromatic carbocycles. The minimum Gasteiger partial charge on any atom is -0.396 e. The van der Waals surface area contributed by atoms with Crippen molar-refractivity contribution in [1.29, 1.82) is 0 Å². The molecule has 0 radical (unpaired) electrons.